The molecule has 0 saturated carbocycles. The Hall–Kier alpha value is -2.87. The first-order valence-electron chi connectivity index (χ1n) is 10.1. The standard InChI is InChI=1S/C27H30O2/c1-26(2,3)21-15-16-24(23(18-21)27(4,5)6)29-25(28)17-14-20-12-9-11-19-10-7-8-13-22(19)20/h7-18H,1-6H3/b17-14+. The summed E-state index contributed by atoms with van der Waals surface area (Å²) in [6.07, 6.45) is 3.33. The summed E-state index contributed by atoms with van der Waals surface area (Å²) in [6.45, 7) is 13.0. The maximum absolute atomic E-state index is 12.6. The minimum atomic E-state index is -0.369. The summed E-state index contributed by atoms with van der Waals surface area (Å²) in [5.41, 5.74) is 3.18. The van der Waals surface area contributed by atoms with Gasteiger partial charge in [0.05, 0.1) is 0 Å². The van der Waals surface area contributed by atoms with Crippen LogP contribution in [0.25, 0.3) is 16.8 Å². The van der Waals surface area contributed by atoms with Gasteiger partial charge in [-0.2, -0.15) is 0 Å². The van der Waals surface area contributed by atoms with Gasteiger partial charge in [-0.25, -0.2) is 4.79 Å². The smallest absolute Gasteiger partial charge is 0.336 e. The SMILES string of the molecule is CC(C)(C)c1ccc(OC(=O)/C=C/c2cccc3ccccc23)c(C(C)(C)C)c1. The van der Waals surface area contributed by atoms with Gasteiger partial charge < -0.3 is 4.74 Å². The van der Waals surface area contributed by atoms with E-state index in [1.54, 1.807) is 0 Å². The van der Waals surface area contributed by atoms with Crippen molar-refractivity contribution in [3.63, 3.8) is 0 Å². The Kier molecular flexibility index (Phi) is 5.66. The number of carbonyl (C=O) groups excluding carboxylic acids is 1. The lowest BCUT2D eigenvalue weighted by Crippen LogP contribution is -2.18. The Bertz CT molecular complexity index is 1050. The van der Waals surface area contributed by atoms with Crippen molar-refractivity contribution in [2.75, 3.05) is 0 Å². The highest BCUT2D eigenvalue weighted by Gasteiger charge is 2.23. The third kappa shape index (κ3) is 4.95. The molecule has 0 spiro atoms. The molecule has 2 nitrogen and oxygen atoms in total. The molecular weight excluding hydrogens is 356 g/mol. The van der Waals surface area contributed by atoms with Gasteiger partial charge in [-0.1, -0.05) is 96.1 Å². The summed E-state index contributed by atoms with van der Waals surface area (Å²) in [7, 11) is 0. The average Bonchev–Trinajstić information content (AvgIpc) is 2.65. The normalized spacial score (nSPS) is 12.5. The van der Waals surface area contributed by atoms with Crippen molar-refractivity contribution in [2.45, 2.75) is 52.4 Å². The zero-order valence-electron chi connectivity index (χ0n) is 18.2. The molecule has 0 heterocycles. The molecule has 0 atom stereocenters. The number of hydrogen-bond acceptors (Lipinski definition) is 2. The second kappa shape index (κ2) is 7.87. The van der Waals surface area contributed by atoms with E-state index in [4.69, 9.17) is 4.74 Å². The second-order valence-corrected chi connectivity index (χ2v) is 9.53. The number of rotatable bonds is 3. The van der Waals surface area contributed by atoms with E-state index in [0.717, 1.165) is 21.9 Å². The van der Waals surface area contributed by atoms with Crippen LogP contribution in [-0.2, 0) is 15.6 Å². The van der Waals surface area contributed by atoms with Gasteiger partial charge in [-0.05, 0) is 44.9 Å². The van der Waals surface area contributed by atoms with Crippen molar-refractivity contribution in [1.29, 1.82) is 0 Å². The summed E-state index contributed by atoms with van der Waals surface area (Å²) in [6, 6.07) is 20.3. The van der Waals surface area contributed by atoms with Gasteiger partial charge in [0.25, 0.3) is 0 Å². The third-order valence-electron chi connectivity index (χ3n) is 5.09. The van der Waals surface area contributed by atoms with Gasteiger partial charge in [-0.3, -0.25) is 0 Å². The van der Waals surface area contributed by atoms with E-state index in [-0.39, 0.29) is 16.8 Å². The van der Waals surface area contributed by atoms with E-state index in [1.165, 1.54) is 11.6 Å². The highest BCUT2D eigenvalue weighted by molar-refractivity contribution is 5.95. The maximum atomic E-state index is 12.6. The van der Waals surface area contributed by atoms with Crippen LogP contribution in [0, 0.1) is 0 Å². The van der Waals surface area contributed by atoms with Crippen LogP contribution in [0.2, 0.25) is 0 Å². The second-order valence-electron chi connectivity index (χ2n) is 9.53. The van der Waals surface area contributed by atoms with Gasteiger partial charge in [0, 0.05) is 11.6 Å². The minimum Gasteiger partial charge on any atom is -0.423 e. The van der Waals surface area contributed by atoms with Crippen LogP contribution >= 0.6 is 0 Å². The van der Waals surface area contributed by atoms with E-state index in [9.17, 15) is 4.79 Å². The molecular formula is C27H30O2. The van der Waals surface area contributed by atoms with Crippen LogP contribution in [0.1, 0.15) is 58.2 Å². The molecule has 150 valence electrons. The molecule has 3 aromatic carbocycles. The van der Waals surface area contributed by atoms with E-state index in [0.29, 0.717) is 5.75 Å². The third-order valence-corrected chi connectivity index (χ3v) is 5.09. The van der Waals surface area contributed by atoms with Crippen LogP contribution < -0.4 is 4.74 Å². The van der Waals surface area contributed by atoms with Gasteiger partial charge in [0.2, 0.25) is 0 Å². The lowest BCUT2D eigenvalue weighted by molar-refractivity contribution is -0.128. The van der Waals surface area contributed by atoms with E-state index < -0.39 is 0 Å². The largest absolute Gasteiger partial charge is 0.423 e. The lowest BCUT2D eigenvalue weighted by Gasteiger charge is -2.26. The van der Waals surface area contributed by atoms with Gasteiger partial charge >= 0.3 is 5.97 Å². The number of ether oxygens (including phenoxy) is 1. The summed E-state index contributed by atoms with van der Waals surface area (Å²) in [4.78, 5) is 12.6. The van der Waals surface area contributed by atoms with Crippen LogP contribution in [-0.4, -0.2) is 5.97 Å². The molecule has 0 unspecified atom stereocenters. The van der Waals surface area contributed by atoms with Crippen LogP contribution in [0.5, 0.6) is 5.75 Å². The van der Waals surface area contributed by atoms with Gasteiger partial charge in [0.15, 0.2) is 0 Å². The molecule has 0 aliphatic rings. The Labute approximate surface area is 174 Å². The number of benzene rings is 3. The maximum Gasteiger partial charge on any atom is 0.336 e. The van der Waals surface area contributed by atoms with Crippen molar-refractivity contribution in [3.05, 3.63) is 83.4 Å². The number of fused-ring (bicyclic) bond motifs is 1. The Morgan fingerprint density at radius 2 is 1.52 bits per heavy atom. The minimum absolute atomic E-state index is 0.0385. The first kappa shape index (κ1) is 20.9. The molecule has 0 aliphatic heterocycles. The molecule has 0 aromatic heterocycles. The van der Waals surface area contributed by atoms with Gasteiger partial charge in [0.1, 0.15) is 5.75 Å². The molecule has 2 heteroatoms. The summed E-state index contributed by atoms with van der Waals surface area (Å²) < 4.78 is 5.75. The Morgan fingerprint density at radius 1 is 0.828 bits per heavy atom. The molecule has 29 heavy (non-hydrogen) atoms. The Balaban J connectivity index is 1.87. The first-order valence-corrected chi connectivity index (χ1v) is 10.1. The zero-order valence-corrected chi connectivity index (χ0v) is 18.2. The van der Waals surface area contributed by atoms with Crippen LogP contribution in [0.4, 0.5) is 0 Å². The highest BCUT2D eigenvalue weighted by Crippen LogP contribution is 2.35. The summed E-state index contributed by atoms with van der Waals surface area (Å²) >= 11 is 0. The predicted octanol–water partition coefficient (Wildman–Crippen LogP) is 7.05. The molecule has 0 N–H and O–H groups in total. The summed E-state index contributed by atoms with van der Waals surface area (Å²) in [5, 5.41) is 2.26. The fourth-order valence-electron chi connectivity index (χ4n) is 3.37. The quantitative estimate of drug-likeness (QED) is 0.274. The predicted molar refractivity (Wildman–Crippen MR) is 122 cm³/mol. The monoisotopic (exact) mass is 386 g/mol. The first-order chi connectivity index (χ1) is 13.6. The lowest BCUT2D eigenvalue weighted by atomic mass is 9.80. The fourth-order valence-corrected chi connectivity index (χ4v) is 3.37. The van der Waals surface area contributed by atoms with Crippen molar-refractivity contribution in [2.24, 2.45) is 0 Å². The molecule has 0 fully saturated rings. The van der Waals surface area contributed by atoms with Crippen LogP contribution in [0.15, 0.2) is 66.7 Å². The molecule has 0 aliphatic carbocycles. The molecule has 0 radical (unpaired) electrons. The Morgan fingerprint density at radius 3 is 2.21 bits per heavy atom. The van der Waals surface area contributed by atoms with E-state index in [1.807, 2.05) is 42.5 Å². The molecule has 3 aromatic rings. The molecule has 3 rings (SSSR count). The van der Waals surface area contributed by atoms with E-state index in [2.05, 4.69) is 65.8 Å². The molecule has 0 bridgehead atoms. The van der Waals surface area contributed by atoms with Gasteiger partial charge in [-0.15, -0.1) is 0 Å². The summed E-state index contributed by atoms with van der Waals surface area (Å²) in [5.74, 6) is 0.255. The van der Waals surface area contributed by atoms with Crippen LogP contribution in [0.3, 0.4) is 0 Å². The van der Waals surface area contributed by atoms with Crippen molar-refractivity contribution in [3.8, 4) is 5.75 Å². The molecule has 0 saturated heterocycles. The van der Waals surface area contributed by atoms with Crippen molar-refractivity contribution >= 4 is 22.8 Å². The number of hydrogen-bond donors (Lipinski definition) is 0. The fraction of sp³-hybridized carbons (Fsp3) is 0.296. The topological polar surface area (TPSA) is 26.3 Å². The van der Waals surface area contributed by atoms with Crippen molar-refractivity contribution in [1.82, 2.24) is 0 Å². The van der Waals surface area contributed by atoms with E-state index >= 15 is 0 Å². The highest BCUT2D eigenvalue weighted by atomic mass is 16.5. The molecule has 0 amide bonds. The zero-order chi connectivity index (χ0) is 21.2. The number of esters is 1. The average molecular weight is 387 g/mol. The van der Waals surface area contributed by atoms with Crippen molar-refractivity contribution < 1.29 is 9.53 Å². The number of carbonyl (C=O) groups is 1.